The summed E-state index contributed by atoms with van der Waals surface area (Å²) in [6.45, 7) is 4.38. The van der Waals surface area contributed by atoms with Crippen LogP contribution in [0.2, 0.25) is 0 Å². The molecule has 1 aromatic carbocycles. The van der Waals surface area contributed by atoms with E-state index in [0.717, 1.165) is 45.2 Å². The van der Waals surface area contributed by atoms with E-state index in [4.69, 9.17) is 4.74 Å². The fourth-order valence-corrected chi connectivity index (χ4v) is 2.38. The summed E-state index contributed by atoms with van der Waals surface area (Å²) in [5.41, 5.74) is 2.52. The average Bonchev–Trinajstić information content (AvgIpc) is 3.09. The lowest BCUT2D eigenvalue weighted by atomic mass is 10.2. The van der Waals surface area contributed by atoms with E-state index in [1.54, 1.807) is 14.2 Å². The van der Waals surface area contributed by atoms with Gasteiger partial charge in [0.1, 0.15) is 0 Å². The molecule has 0 saturated carbocycles. The molecule has 0 amide bonds. The maximum absolute atomic E-state index is 5.04. The van der Waals surface area contributed by atoms with Gasteiger partial charge in [0.2, 0.25) is 0 Å². The van der Waals surface area contributed by atoms with E-state index in [1.807, 2.05) is 0 Å². The highest BCUT2D eigenvalue weighted by atomic mass is 16.5. The van der Waals surface area contributed by atoms with Gasteiger partial charge in [-0.05, 0) is 24.1 Å². The summed E-state index contributed by atoms with van der Waals surface area (Å²) in [6.07, 6.45) is 5.38. The van der Waals surface area contributed by atoms with Crippen LogP contribution in [0.1, 0.15) is 12.0 Å². The predicted octanol–water partition coefficient (Wildman–Crippen LogP) is 1.76. The minimum absolute atomic E-state index is 0.760. The van der Waals surface area contributed by atoms with Gasteiger partial charge in [0.25, 0.3) is 0 Å². The Morgan fingerprint density at radius 1 is 1.27 bits per heavy atom. The Hall–Kier alpha value is -2.01. The number of nitrogens with one attached hydrogen (secondary N) is 2. The van der Waals surface area contributed by atoms with Crippen molar-refractivity contribution in [3.8, 4) is 0 Å². The van der Waals surface area contributed by atoms with Crippen LogP contribution in [-0.2, 0) is 11.3 Å². The Balaban J connectivity index is 1.81. The van der Waals surface area contributed by atoms with Crippen molar-refractivity contribution in [2.75, 3.05) is 45.3 Å². The molecule has 0 fully saturated rings. The van der Waals surface area contributed by atoms with Crippen molar-refractivity contribution in [2.45, 2.75) is 13.0 Å². The van der Waals surface area contributed by atoms with Crippen LogP contribution in [0.3, 0.4) is 0 Å². The molecule has 1 aliphatic heterocycles. The predicted molar refractivity (Wildman–Crippen MR) is 92.5 cm³/mol. The first-order valence-electron chi connectivity index (χ1n) is 7.76. The maximum atomic E-state index is 5.04. The molecule has 2 N–H and O–H groups in total. The number of hydrogen-bond donors (Lipinski definition) is 2. The van der Waals surface area contributed by atoms with Crippen LogP contribution in [0, 0.1) is 0 Å². The SMILES string of the molecule is CN=C(NCCCOC)NCc1cccc(N2CC=CC2)c1. The Kier molecular flexibility index (Phi) is 6.77. The van der Waals surface area contributed by atoms with Gasteiger partial charge in [-0.25, -0.2) is 0 Å². The first-order valence-corrected chi connectivity index (χ1v) is 7.76. The molecule has 5 nitrogen and oxygen atoms in total. The Morgan fingerprint density at radius 3 is 2.82 bits per heavy atom. The van der Waals surface area contributed by atoms with Crippen LogP contribution < -0.4 is 15.5 Å². The number of guanidine groups is 1. The fraction of sp³-hybridized carbons (Fsp3) is 0.471. The molecule has 0 bridgehead atoms. The zero-order valence-electron chi connectivity index (χ0n) is 13.5. The summed E-state index contributed by atoms with van der Waals surface area (Å²) in [5.74, 6) is 0.823. The van der Waals surface area contributed by atoms with Crippen LogP contribution in [0.15, 0.2) is 41.4 Å². The number of methoxy groups -OCH3 is 1. The molecular weight excluding hydrogens is 276 g/mol. The Labute approximate surface area is 133 Å². The smallest absolute Gasteiger partial charge is 0.191 e. The summed E-state index contributed by atoms with van der Waals surface area (Å²) in [5, 5.41) is 6.63. The Morgan fingerprint density at radius 2 is 2.09 bits per heavy atom. The summed E-state index contributed by atoms with van der Waals surface area (Å²) >= 11 is 0. The van der Waals surface area contributed by atoms with Crippen LogP contribution in [0.4, 0.5) is 5.69 Å². The molecule has 120 valence electrons. The number of benzene rings is 1. The minimum Gasteiger partial charge on any atom is -0.385 e. The van der Waals surface area contributed by atoms with E-state index in [0.29, 0.717) is 0 Å². The molecular formula is C17H26N4O. The van der Waals surface area contributed by atoms with Gasteiger partial charge in [-0.3, -0.25) is 4.99 Å². The van der Waals surface area contributed by atoms with Gasteiger partial charge in [-0.2, -0.15) is 0 Å². The second kappa shape index (κ2) is 9.10. The van der Waals surface area contributed by atoms with Gasteiger partial charge in [0.15, 0.2) is 5.96 Å². The number of aliphatic imine (C=N–C) groups is 1. The van der Waals surface area contributed by atoms with Crippen molar-refractivity contribution in [3.05, 3.63) is 42.0 Å². The highest BCUT2D eigenvalue weighted by Gasteiger charge is 2.07. The van der Waals surface area contributed by atoms with E-state index in [2.05, 4.69) is 56.9 Å². The number of rotatable bonds is 7. The molecule has 0 atom stereocenters. The van der Waals surface area contributed by atoms with Gasteiger partial charge in [0, 0.05) is 52.6 Å². The van der Waals surface area contributed by atoms with Crippen LogP contribution in [-0.4, -0.2) is 46.4 Å². The molecule has 1 aliphatic rings. The molecule has 1 heterocycles. The van der Waals surface area contributed by atoms with Gasteiger partial charge >= 0.3 is 0 Å². The standard InChI is InChI=1S/C17H26N4O/c1-18-17(19-9-6-12-22-2)20-14-15-7-5-8-16(13-15)21-10-3-4-11-21/h3-5,7-8,13H,6,9-12,14H2,1-2H3,(H2,18,19,20). The van der Waals surface area contributed by atoms with Gasteiger partial charge in [-0.15, -0.1) is 0 Å². The highest BCUT2D eigenvalue weighted by Crippen LogP contribution is 2.18. The monoisotopic (exact) mass is 302 g/mol. The van der Waals surface area contributed by atoms with E-state index in [-0.39, 0.29) is 0 Å². The second-order valence-corrected chi connectivity index (χ2v) is 5.25. The van der Waals surface area contributed by atoms with E-state index < -0.39 is 0 Å². The van der Waals surface area contributed by atoms with E-state index >= 15 is 0 Å². The van der Waals surface area contributed by atoms with Crippen LogP contribution in [0.5, 0.6) is 0 Å². The molecule has 0 unspecified atom stereocenters. The maximum Gasteiger partial charge on any atom is 0.191 e. The number of ether oxygens (including phenoxy) is 1. The van der Waals surface area contributed by atoms with Crippen molar-refractivity contribution < 1.29 is 4.74 Å². The minimum atomic E-state index is 0.760. The molecule has 1 aromatic rings. The van der Waals surface area contributed by atoms with Gasteiger partial charge in [0.05, 0.1) is 0 Å². The van der Waals surface area contributed by atoms with Crippen molar-refractivity contribution in [2.24, 2.45) is 4.99 Å². The first kappa shape index (κ1) is 16.4. The number of nitrogens with zero attached hydrogens (tertiary/aromatic N) is 2. The second-order valence-electron chi connectivity index (χ2n) is 5.25. The Bertz CT molecular complexity index is 505. The third kappa shape index (κ3) is 5.07. The third-order valence-electron chi connectivity index (χ3n) is 3.60. The number of anilines is 1. The normalized spacial score (nSPS) is 14.5. The molecule has 0 saturated heterocycles. The molecule has 0 aliphatic carbocycles. The summed E-state index contributed by atoms with van der Waals surface area (Å²) in [7, 11) is 3.51. The van der Waals surface area contributed by atoms with E-state index in [9.17, 15) is 0 Å². The van der Waals surface area contributed by atoms with Crippen molar-refractivity contribution in [1.82, 2.24) is 10.6 Å². The largest absolute Gasteiger partial charge is 0.385 e. The van der Waals surface area contributed by atoms with Gasteiger partial charge < -0.3 is 20.3 Å². The lowest BCUT2D eigenvalue weighted by Gasteiger charge is -2.19. The van der Waals surface area contributed by atoms with Crippen LogP contribution >= 0.6 is 0 Å². The van der Waals surface area contributed by atoms with Gasteiger partial charge in [-0.1, -0.05) is 24.3 Å². The lowest BCUT2D eigenvalue weighted by Crippen LogP contribution is -2.37. The average molecular weight is 302 g/mol. The number of hydrogen-bond acceptors (Lipinski definition) is 3. The fourth-order valence-electron chi connectivity index (χ4n) is 2.38. The molecule has 0 spiro atoms. The molecule has 22 heavy (non-hydrogen) atoms. The molecule has 0 radical (unpaired) electrons. The zero-order valence-corrected chi connectivity index (χ0v) is 13.5. The van der Waals surface area contributed by atoms with E-state index in [1.165, 1.54) is 11.3 Å². The molecule has 5 heteroatoms. The van der Waals surface area contributed by atoms with Crippen LogP contribution in [0.25, 0.3) is 0 Å². The summed E-state index contributed by atoms with van der Waals surface area (Å²) in [4.78, 5) is 6.58. The van der Waals surface area contributed by atoms with Crippen molar-refractivity contribution in [1.29, 1.82) is 0 Å². The van der Waals surface area contributed by atoms with Crippen molar-refractivity contribution >= 4 is 11.6 Å². The van der Waals surface area contributed by atoms with Crippen molar-refractivity contribution in [3.63, 3.8) is 0 Å². The third-order valence-corrected chi connectivity index (χ3v) is 3.60. The summed E-state index contributed by atoms with van der Waals surface area (Å²) in [6, 6.07) is 8.64. The lowest BCUT2D eigenvalue weighted by molar-refractivity contribution is 0.195. The molecule has 0 aromatic heterocycles. The first-order chi connectivity index (χ1) is 10.8. The molecule has 2 rings (SSSR count). The quantitative estimate of drug-likeness (QED) is 0.349. The topological polar surface area (TPSA) is 48.9 Å². The summed E-state index contributed by atoms with van der Waals surface area (Å²) < 4.78 is 5.04. The zero-order chi connectivity index (χ0) is 15.6. The highest BCUT2D eigenvalue weighted by molar-refractivity contribution is 5.79.